The highest BCUT2D eigenvalue weighted by Gasteiger charge is 2.35. The number of sulfonamides is 1. The Morgan fingerprint density at radius 2 is 1.36 bits per heavy atom. The molecule has 4 rings (SSSR count). The molecule has 0 unspecified atom stereocenters. The van der Waals surface area contributed by atoms with Gasteiger partial charge >= 0.3 is 0 Å². The van der Waals surface area contributed by atoms with Crippen LogP contribution in [0.3, 0.4) is 0 Å². The van der Waals surface area contributed by atoms with Crippen LogP contribution in [-0.2, 0) is 39.0 Å². The summed E-state index contributed by atoms with van der Waals surface area (Å²) in [5.41, 5.74) is 3.90. The second-order valence-corrected chi connectivity index (χ2v) is 12.7. The fraction of sp³-hybridized carbons (Fsp3) is 0.278. The van der Waals surface area contributed by atoms with E-state index in [1.54, 1.807) is 36.4 Å². The number of aryl methyl sites for hydroxylation is 2. The largest absolute Gasteiger partial charge is 0.354 e. The highest BCUT2D eigenvalue weighted by molar-refractivity contribution is 7.92. The molecule has 8 heteroatoms. The number of anilines is 1. The summed E-state index contributed by atoms with van der Waals surface area (Å²) in [5.74, 6) is -0.745. The Hall–Kier alpha value is -4.43. The molecule has 4 aromatic carbocycles. The fourth-order valence-electron chi connectivity index (χ4n) is 5.10. The van der Waals surface area contributed by atoms with E-state index in [2.05, 4.69) is 5.32 Å². The first-order valence-corrected chi connectivity index (χ1v) is 16.5. The van der Waals surface area contributed by atoms with E-state index in [1.165, 1.54) is 9.21 Å². The van der Waals surface area contributed by atoms with E-state index in [1.807, 2.05) is 93.6 Å². The van der Waals surface area contributed by atoms with Crippen LogP contribution in [-0.4, -0.2) is 44.3 Å². The van der Waals surface area contributed by atoms with Crippen molar-refractivity contribution in [1.82, 2.24) is 10.2 Å². The van der Waals surface area contributed by atoms with Crippen molar-refractivity contribution in [3.8, 4) is 0 Å². The lowest BCUT2D eigenvalue weighted by Gasteiger charge is -2.34. The number of nitrogens with zero attached hydrogens (tertiary/aromatic N) is 2. The first-order valence-electron chi connectivity index (χ1n) is 15.1. The number of nitrogens with one attached hydrogen (secondary N) is 1. The molecule has 4 aromatic rings. The van der Waals surface area contributed by atoms with E-state index in [0.29, 0.717) is 18.7 Å². The minimum Gasteiger partial charge on any atom is -0.354 e. The highest BCUT2D eigenvalue weighted by atomic mass is 32.2. The van der Waals surface area contributed by atoms with Crippen molar-refractivity contribution in [2.45, 2.75) is 57.5 Å². The Morgan fingerprint density at radius 1 is 0.773 bits per heavy atom. The number of para-hydroxylation sites is 1. The van der Waals surface area contributed by atoms with Crippen LogP contribution >= 0.6 is 0 Å². The molecule has 0 spiro atoms. The summed E-state index contributed by atoms with van der Waals surface area (Å²) in [6, 6.07) is 32.0. The third-order valence-corrected chi connectivity index (χ3v) is 9.32. The summed E-state index contributed by atoms with van der Waals surface area (Å²) in [6.45, 7) is 5.96. The van der Waals surface area contributed by atoms with Gasteiger partial charge in [0.15, 0.2) is 0 Å². The molecule has 1 atom stereocenters. The predicted molar refractivity (Wildman–Crippen MR) is 176 cm³/mol. The molecule has 1 N–H and O–H groups in total. The van der Waals surface area contributed by atoms with E-state index in [-0.39, 0.29) is 23.8 Å². The van der Waals surface area contributed by atoms with Crippen molar-refractivity contribution in [2.24, 2.45) is 0 Å². The second kappa shape index (κ2) is 15.3. The Bertz CT molecular complexity index is 1630. The van der Waals surface area contributed by atoms with Crippen molar-refractivity contribution in [3.63, 3.8) is 0 Å². The van der Waals surface area contributed by atoms with Gasteiger partial charge in [0.05, 0.1) is 10.6 Å². The van der Waals surface area contributed by atoms with E-state index in [0.717, 1.165) is 28.7 Å². The zero-order chi connectivity index (χ0) is 31.5. The molecule has 0 fully saturated rings. The molecule has 0 bridgehead atoms. The Balaban J connectivity index is 1.81. The maximum Gasteiger partial charge on any atom is 0.264 e. The number of rotatable bonds is 14. The van der Waals surface area contributed by atoms with Gasteiger partial charge in [-0.1, -0.05) is 110 Å². The number of benzene rings is 4. The van der Waals surface area contributed by atoms with E-state index < -0.39 is 28.5 Å². The average Bonchev–Trinajstić information content (AvgIpc) is 3.05. The third kappa shape index (κ3) is 8.14. The molecular formula is C36H41N3O4S. The number of carbonyl (C=O) groups excluding carboxylic acids is 2. The molecule has 0 aromatic heterocycles. The average molecular weight is 612 g/mol. The molecule has 0 saturated carbocycles. The summed E-state index contributed by atoms with van der Waals surface area (Å²) < 4.78 is 29.7. The lowest BCUT2D eigenvalue weighted by atomic mass is 10.0. The number of hydrogen-bond donors (Lipinski definition) is 1. The minimum absolute atomic E-state index is 0.0953. The lowest BCUT2D eigenvalue weighted by Crippen LogP contribution is -2.53. The molecule has 0 heterocycles. The normalized spacial score (nSPS) is 11.9. The van der Waals surface area contributed by atoms with Gasteiger partial charge in [-0.3, -0.25) is 13.9 Å². The summed E-state index contributed by atoms with van der Waals surface area (Å²) in [5, 5.41) is 2.97. The predicted octanol–water partition coefficient (Wildman–Crippen LogP) is 5.92. The molecule has 0 radical (unpaired) electrons. The summed E-state index contributed by atoms with van der Waals surface area (Å²) in [4.78, 5) is 29.8. The summed E-state index contributed by atoms with van der Waals surface area (Å²) >= 11 is 0. The first-order chi connectivity index (χ1) is 21.2. The lowest BCUT2D eigenvalue weighted by molar-refractivity contribution is -0.140. The van der Waals surface area contributed by atoms with Gasteiger partial charge in [-0.15, -0.1) is 0 Å². The first kappa shape index (κ1) is 32.5. The van der Waals surface area contributed by atoms with Crippen molar-refractivity contribution >= 4 is 27.5 Å². The molecule has 0 aliphatic heterocycles. The standard InChI is InChI=1S/C36H41N3O4S/c1-4-24-37-36(41)34(25-29-14-8-6-9-15-29)38(26-30-16-10-7-11-17-30)35(40)27-39(33-19-13-12-18-31(33)5-2)44(42,43)32-22-20-28(3)21-23-32/h6-23,34H,4-5,24-27H2,1-3H3,(H,37,41)/t34-/m1/s1. The maximum absolute atomic E-state index is 14.5. The molecule has 2 amide bonds. The molecule has 44 heavy (non-hydrogen) atoms. The van der Waals surface area contributed by atoms with Crippen molar-refractivity contribution in [1.29, 1.82) is 0 Å². The summed E-state index contributed by atoms with van der Waals surface area (Å²) in [6.07, 6.45) is 1.60. The Morgan fingerprint density at radius 3 is 1.98 bits per heavy atom. The molecule has 0 aliphatic rings. The van der Waals surface area contributed by atoms with Gasteiger partial charge in [-0.05, 0) is 54.7 Å². The smallest absolute Gasteiger partial charge is 0.264 e. The molecule has 7 nitrogen and oxygen atoms in total. The molecule has 230 valence electrons. The minimum atomic E-state index is -4.14. The quantitative estimate of drug-likeness (QED) is 0.192. The van der Waals surface area contributed by atoms with Crippen LogP contribution in [0.5, 0.6) is 0 Å². The van der Waals surface area contributed by atoms with Crippen LogP contribution in [0.2, 0.25) is 0 Å². The Labute approximate surface area is 261 Å². The van der Waals surface area contributed by atoms with Crippen LogP contribution in [0, 0.1) is 6.92 Å². The topological polar surface area (TPSA) is 86.8 Å². The van der Waals surface area contributed by atoms with Gasteiger partial charge in [0.25, 0.3) is 10.0 Å². The van der Waals surface area contributed by atoms with Crippen molar-refractivity contribution < 1.29 is 18.0 Å². The van der Waals surface area contributed by atoms with Crippen LogP contribution in [0.4, 0.5) is 5.69 Å². The monoisotopic (exact) mass is 611 g/mol. The highest BCUT2D eigenvalue weighted by Crippen LogP contribution is 2.28. The SMILES string of the molecule is CCCNC(=O)[C@@H](Cc1ccccc1)N(Cc1ccccc1)C(=O)CN(c1ccccc1CC)S(=O)(=O)c1ccc(C)cc1. The van der Waals surface area contributed by atoms with Gasteiger partial charge in [-0.25, -0.2) is 8.42 Å². The number of carbonyl (C=O) groups is 2. The van der Waals surface area contributed by atoms with Gasteiger partial charge in [-0.2, -0.15) is 0 Å². The van der Waals surface area contributed by atoms with Gasteiger partial charge in [0.2, 0.25) is 11.8 Å². The Kier molecular flexibility index (Phi) is 11.3. The third-order valence-electron chi connectivity index (χ3n) is 7.55. The van der Waals surface area contributed by atoms with Crippen LogP contribution in [0.25, 0.3) is 0 Å². The van der Waals surface area contributed by atoms with Crippen molar-refractivity contribution in [3.05, 3.63) is 131 Å². The fourth-order valence-corrected chi connectivity index (χ4v) is 6.56. The van der Waals surface area contributed by atoms with E-state index in [9.17, 15) is 18.0 Å². The van der Waals surface area contributed by atoms with Crippen molar-refractivity contribution in [2.75, 3.05) is 17.4 Å². The van der Waals surface area contributed by atoms with Crippen LogP contribution < -0.4 is 9.62 Å². The zero-order valence-corrected chi connectivity index (χ0v) is 26.5. The van der Waals surface area contributed by atoms with E-state index in [4.69, 9.17) is 0 Å². The van der Waals surface area contributed by atoms with E-state index >= 15 is 0 Å². The van der Waals surface area contributed by atoms with Gasteiger partial charge < -0.3 is 10.2 Å². The van der Waals surface area contributed by atoms with Crippen LogP contribution in [0.1, 0.15) is 42.5 Å². The maximum atomic E-state index is 14.5. The molecular weight excluding hydrogens is 570 g/mol. The molecule has 0 aliphatic carbocycles. The van der Waals surface area contributed by atoms with Gasteiger partial charge in [0.1, 0.15) is 12.6 Å². The summed E-state index contributed by atoms with van der Waals surface area (Å²) in [7, 11) is -4.14. The van der Waals surface area contributed by atoms with Gasteiger partial charge in [0, 0.05) is 19.5 Å². The van der Waals surface area contributed by atoms with Crippen LogP contribution in [0.15, 0.2) is 114 Å². The second-order valence-electron chi connectivity index (χ2n) is 10.8. The number of hydrogen-bond acceptors (Lipinski definition) is 4. The zero-order valence-electron chi connectivity index (χ0n) is 25.6. The molecule has 0 saturated heterocycles. The number of amides is 2.